The standard InChI is InChI=1S/C9H19NO5S/c1-8(2,9(3,4)13)10-16(14,15)6-5-7(11)12/h10,13H,5-6H2,1-4H3,(H,11,12). The number of carbonyl (C=O) groups is 1. The first-order chi connectivity index (χ1) is 6.87. The summed E-state index contributed by atoms with van der Waals surface area (Å²) in [6.07, 6.45) is -0.461. The summed E-state index contributed by atoms with van der Waals surface area (Å²) in [6, 6.07) is 0. The SMILES string of the molecule is CC(C)(O)C(C)(C)NS(=O)(=O)CCC(=O)O. The monoisotopic (exact) mass is 253 g/mol. The van der Waals surface area contributed by atoms with Crippen molar-refractivity contribution in [2.75, 3.05) is 5.75 Å². The lowest BCUT2D eigenvalue weighted by atomic mass is 9.87. The lowest BCUT2D eigenvalue weighted by Crippen LogP contribution is -2.58. The van der Waals surface area contributed by atoms with Crippen molar-refractivity contribution in [1.82, 2.24) is 4.72 Å². The van der Waals surface area contributed by atoms with Gasteiger partial charge in [-0.2, -0.15) is 0 Å². The first-order valence-electron chi connectivity index (χ1n) is 4.83. The lowest BCUT2D eigenvalue weighted by Gasteiger charge is -2.37. The van der Waals surface area contributed by atoms with E-state index in [4.69, 9.17) is 5.11 Å². The second kappa shape index (κ2) is 4.68. The number of nitrogens with one attached hydrogen (secondary N) is 1. The third-order valence-corrected chi connectivity index (χ3v) is 4.09. The Balaban J connectivity index is 4.66. The van der Waals surface area contributed by atoms with E-state index in [9.17, 15) is 18.3 Å². The Kier molecular flexibility index (Phi) is 4.49. The first-order valence-corrected chi connectivity index (χ1v) is 6.48. The molecule has 0 aliphatic carbocycles. The topological polar surface area (TPSA) is 104 Å². The maximum Gasteiger partial charge on any atom is 0.304 e. The van der Waals surface area contributed by atoms with E-state index in [2.05, 4.69) is 4.72 Å². The zero-order valence-electron chi connectivity index (χ0n) is 9.94. The van der Waals surface area contributed by atoms with Crippen molar-refractivity contribution in [2.24, 2.45) is 0 Å². The molecule has 0 aromatic rings. The van der Waals surface area contributed by atoms with Crippen molar-refractivity contribution < 1.29 is 23.4 Å². The molecule has 0 unspecified atom stereocenters. The van der Waals surface area contributed by atoms with Gasteiger partial charge < -0.3 is 10.2 Å². The second-order valence-corrected chi connectivity index (χ2v) is 6.59. The lowest BCUT2D eigenvalue weighted by molar-refractivity contribution is -0.136. The van der Waals surface area contributed by atoms with Crippen LogP contribution in [0.3, 0.4) is 0 Å². The van der Waals surface area contributed by atoms with Crippen molar-refractivity contribution in [2.45, 2.75) is 45.3 Å². The van der Waals surface area contributed by atoms with Crippen LogP contribution in [0.4, 0.5) is 0 Å². The van der Waals surface area contributed by atoms with Crippen molar-refractivity contribution in [3.8, 4) is 0 Å². The van der Waals surface area contributed by atoms with Crippen molar-refractivity contribution >= 4 is 16.0 Å². The number of carboxylic acids is 1. The molecule has 0 amide bonds. The summed E-state index contributed by atoms with van der Waals surface area (Å²) in [4.78, 5) is 10.3. The molecule has 0 aliphatic heterocycles. The Morgan fingerprint density at radius 1 is 1.25 bits per heavy atom. The van der Waals surface area contributed by atoms with Gasteiger partial charge in [-0.3, -0.25) is 4.79 Å². The summed E-state index contributed by atoms with van der Waals surface area (Å²) in [5.41, 5.74) is -2.31. The van der Waals surface area contributed by atoms with E-state index in [0.29, 0.717) is 0 Å². The largest absolute Gasteiger partial charge is 0.481 e. The molecule has 7 heteroatoms. The molecule has 0 aromatic carbocycles. The fraction of sp³-hybridized carbons (Fsp3) is 0.889. The molecule has 0 aliphatic rings. The maximum atomic E-state index is 11.5. The van der Waals surface area contributed by atoms with Crippen LogP contribution >= 0.6 is 0 Å². The highest BCUT2D eigenvalue weighted by Gasteiger charge is 2.38. The fourth-order valence-corrected chi connectivity index (χ4v) is 2.36. The molecular weight excluding hydrogens is 234 g/mol. The Hall–Kier alpha value is -0.660. The van der Waals surface area contributed by atoms with Crippen LogP contribution < -0.4 is 4.72 Å². The zero-order chi connectivity index (χ0) is 13.2. The van der Waals surface area contributed by atoms with Gasteiger partial charge in [-0.15, -0.1) is 0 Å². The van der Waals surface area contributed by atoms with E-state index in [1.807, 2.05) is 0 Å². The molecule has 0 fully saturated rings. The number of aliphatic carboxylic acids is 1. The van der Waals surface area contributed by atoms with Gasteiger partial charge in [-0.05, 0) is 27.7 Å². The average Bonchev–Trinajstić information content (AvgIpc) is 1.96. The Bertz CT molecular complexity index is 353. The molecule has 0 spiro atoms. The Morgan fingerprint density at radius 2 is 1.69 bits per heavy atom. The summed E-state index contributed by atoms with van der Waals surface area (Å²) < 4.78 is 25.3. The summed E-state index contributed by atoms with van der Waals surface area (Å²) in [7, 11) is -3.71. The molecule has 0 atom stereocenters. The van der Waals surface area contributed by atoms with Crippen molar-refractivity contribution in [1.29, 1.82) is 0 Å². The van der Waals surface area contributed by atoms with Crippen LogP contribution in [0, 0.1) is 0 Å². The van der Waals surface area contributed by atoms with Crippen LogP contribution in [0.2, 0.25) is 0 Å². The minimum atomic E-state index is -3.71. The van der Waals surface area contributed by atoms with Crippen molar-refractivity contribution in [3.63, 3.8) is 0 Å². The van der Waals surface area contributed by atoms with Gasteiger partial charge >= 0.3 is 5.97 Å². The molecule has 0 bridgehead atoms. The molecule has 96 valence electrons. The molecule has 0 aromatic heterocycles. The number of sulfonamides is 1. The molecule has 0 heterocycles. The second-order valence-electron chi connectivity index (χ2n) is 4.75. The van der Waals surface area contributed by atoms with Crippen LogP contribution in [0.25, 0.3) is 0 Å². The summed E-state index contributed by atoms with van der Waals surface area (Å²) in [5, 5.41) is 18.1. The zero-order valence-corrected chi connectivity index (χ0v) is 10.8. The predicted molar refractivity (Wildman–Crippen MR) is 59.6 cm³/mol. The summed E-state index contributed by atoms with van der Waals surface area (Å²) in [5.74, 6) is -1.67. The number of hydrogen-bond donors (Lipinski definition) is 3. The van der Waals surface area contributed by atoms with Gasteiger partial charge in [-0.25, -0.2) is 13.1 Å². The normalized spacial score (nSPS) is 13.8. The van der Waals surface area contributed by atoms with Gasteiger partial charge in [0.2, 0.25) is 10.0 Å². The molecule has 0 rings (SSSR count). The molecule has 6 nitrogen and oxygen atoms in total. The molecule has 0 saturated carbocycles. The van der Waals surface area contributed by atoms with Crippen LogP contribution in [0.15, 0.2) is 0 Å². The molecule has 3 N–H and O–H groups in total. The van der Waals surface area contributed by atoms with E-state index >= 15 is 0 Å². The quantitative estimate of drug-likeness (QED) is 0.614. The molecule has 0 saturated heterocycles. The van der Waals surface area contributed by atoms with Gasteiger partial charge in [0.05, 0.1) is 23.3 Å². The molecule has 0 radical (unpaired) electrons. The van der Waals surface area contributed by atoms with E-state index in [-0.39, 0.29) is 0 Å². The molecule has 16 heavy (non-hydrogen) atoms. The molecular formula is C9H19NO5S. The first kappa shape index (κ1) is 15.3. The van der Waals surface area contributed by atoms with E-state index < -0.39 is 39.3 Å². The van der Waals surface area contributed by atoms with Gasteiger partial charge in [0.1, 0.15) is 0 Å². The third kappa shape index (κ3) is 4.91. The minimum absolute atomic E-state index is 0.461. The van der Waals surface area contributed by atoms with Gasteiger partial charge in [0.15, 0.2) is 0 Å². The van der Waals surface area contributed by atoms with Crippen LogP contribution in [-0.2, 0) is 14.8 Å². The summed E-state index contributed by atoms with van der Waals surface area (Å²) in [6.45, 7) is 6.02. The Morgan fingerprint density at radius 3 is 2.00 bits per heavy atom. The number of aliphatic hydroxyl groups is 1. The van der Waals surface area contributed by atoms with Crippen molar-refractivity contribution in [3.05, 3.63) is 0 Å². The van der Waals surface area contributed by atoms with Crippen LogP contribution in [-0.4, -0.2) is 41.5 Å². The number of hydrogen-bond acceptors (Lipinski definition) is 4. The third-order valence-electron chi connectivity index (χ3n) is 2.52. The highest BCUT2D eigenvalue weighted by molar-refractivity contribution is 7.89. The van der Waals surface area contributed by atoms with E-state index in [1.165, 1.54) is 27.7 Å². The number of rotatable bonds is 6. The van der Waals surface area contributed by atoms with Crippen LogP contribution in [0.1, 0.15) is 34.1 Å². The minimum Gasteiger partial charge on any atom is -0.481 e. The van der Waals surface area contributed by atoms with Gasteiger partial charge in [-0.1, -0.05) is 0 Å². The fourth-order valence-electron chi connectivity index (χ4n) is 0.786. The predicted octanol–water partition coefficient (Wildman–Crippen LogP) is -0.0700. The van der Waals surface area contributed by atoms with Gasteiger partial charge in [0.25, 0.3) is 0 Å². The highest BCUT2D eigenvalue weighted by atomic mass is 32.2. The highest BCUT2D eigenvalue weighted by Crippen LogP contribution is 2.21. The smallest absolute Gasteiger partial charge is 0.304 e. The maximum absolute atomic E-state index is 11.5. The average molecular weight is 253 g/mol. The van der Waals surface area contributed by atoms with E-state index in [1.54, 1.807) is 0 Å². The van der Waals surface area contributed by atoms with Crippen LogP contribution in [0.5, 0.6) is 0 Å². The summed E-state index contributed by atoms with van der Waals surface area (Å²) >= 11 is 0. The Labute approximate surface area is 95.7 Å². The van der Waals surface area contributed by atoms with Gasteiger partial charge in [0, 0.05) is 0 Å². The number of carboxylic acid groups (broad SMARTS) is 1. The van der Waals surface area contributed by atoms with E-state index in [0.717, 1.165) is 0 Å².